The molecule has 0 fully saturated rings. The smallest absolute Gasteiger partial charge is 0.303 e. The predicted octanol–water partition coefficient (Wildman–Crippen LogP) is 1.63. The zero-order chi connectivity index (χ0) is 12.8. The molecular formula is C12H25NO3. The zero-order valence-electron chi connectivity index (χ0n) is 10.8. The lowest BCUT2D eigenvalue weighted by Gasteiger charge is -2.25. The lowest BCUT2D eigenvalue weighted by Crippen LogP contribution is -2.37. The highest BCUT2D eigenvalue weighted by atomic mass is 16.4. The Morgan fingerprint density at radius 1 is 1.31 bits per heavy atom. The first kappa shape index (κ1) is 15.4. The fourth-order valence-corrected chi connectivity index (χ4v) is 1.38. The number of aliphatic hydroxyl groups excluding tert-OH is 1. The molecule has 0 amide bonds. The van der Waals surface area contributed by atoms with E-state index >= 15 is 0 Å². The average molecular weight is 231 g/mol. The van der Waals surface area contributed by atoms with Crippen LogP contribution in [0.4, 0.5) is 0 Å². The van der Waals surface area contributed by atoms with E-state index in [4.69, 9.17) is 5.11 Å². The van der Waals surface area contributed by atoms with Crippen molar-refractivity contribution in [2.45, 2.75) is 59.1 Å². The number of aliphatic carboxylic acids is 1. The Balaban J connectivity index is 3.77. The maximum absolute atomic E-state index is 10.5. The van der Waals surface area contributed by atoms with Gasteiger partial charge in [0.15, 0.2) is 0 Å². The number of rotatable bonds is 8. The molecule has 3 N–H and O–H groups in total. The van der Waals surface area contributed by atoms with Gasteiger partial charge in [-0.15, -0.1) is 0 Å². The molecule has 0 rings (SSSR count). The van der Waals surface area contributed by atoms with Crippen molar-refractivity contribution in [1.82, 2.24) is 5.32 Å². The zero-order valence-corrected chi connectivity index (χ0v) is 10.8. The third-order valence-electron chi connectivity index (χ3n) is 3.01. The summed E-state index contributed by atoms with van der Waals surface area (Å²) in [4.78, 5) is 10.5. The molecule has 0 aromatic rings. The average Bonchev–Trinajstić information content (AvgIpc) is 2.14. The second-order valence-corrected chi connectivity index (χ2v) is 5.29. The molecule has 0 saturated heterocycles. The Hall–Kier alpha value is -0.610. The summed E-state index contributed by atoms with van der Waals surface area (Å²) in [6.45, 7) is 8.65. The Morgan fingerprint density at radius 2 is 1.88 bits per heavy atom. The van der Waals surface area contributed by atoms with Gasteiger partial charge in [-0.25, -0.2) is 0 Å². The van der Waals surface area contributed by atoms with Crippen molar-refractivity contribution in [2.75, 3.05) is 6.54 Å². The molecule has 2 unspecified atom stereocenters. The minimum atomic E-state index is -0.738. The Bertz CT molecular complexity index is 214. The number of carboxylic acid groups (broad SMARTS) is 1. The maximum atomic E-state index is 10.5. The SMILES string of the molecule is CC(O)C(C)NCCC(C)(C)CCC(=O)O. The van der Waals surface area contributed by atoms with Crippen molar-refractivity contribution in [3.63, 3.8) is 0 Å². The van der Waals surface area contributed by atoms with Gasteiger partial charge in [-0.2, -0.15) is 0 Å². The second kappa shape index (κ2) is 6.86. The molecule has 0 aliphatic rings. The van der Waals surface area contributed by atoms with Crippen LogP contribution in [-0.2, 0) is 4.79 Å². The molecular weight excluding hydrogens is 206 g/mol. The van der Waals surface area contributed by atoms with E-state index in [1.165, 1.54) is 0 Å². The van der Waals surface area contributed by atoms with Crippen LogP contribution in [0.1, 0.15) is 47.0 Å². The first-order valence-corrected chi connectivity index (χ1v) is 5.88. The van der Waals surface area contributed by atoms with Crippen LogP contribution in [0.15, 0.2) is 0 Å². The number of hydrogen-bond donors (Lipinski definition) is 3. The van der Waals surface area contributed by atoms with E-state index in [-0.39, 0.29) is 24.0 Å². The first-order chi connectivity index (χ1) is 7.24. The Kier molecular flexibility index (Phi) is 6.60. The van der Waals surface area contributed by atoms with Gasteiger partial charge in [-0.05, 0) is 38.6 Å². The number of carboxylic acids is 1. The van der Waals surface area contributed by atoms with Crippen molar-refractivity contribution in [1.29, 1.82) is 0 Å². The topological polar surface area (TPSA) is 69.6 Å². The van der Waals surface area contributed by atoms with Crippen LogP contribution < -0.4 is 5.32 Å². The standard InChI is InChI=1S/C12H25NO3/c1-9(10(2)14)13-8-7-12(3,4)6-5-11(15)16/h9-10,13-14H,5-8H2,1-4H3,(H,15,16). The van der Waals surface area contributed by atoms with Gasteiger partial charge in [-0.1, -0.05) is 13.8 Å². The normalized spacial score (nSPS) is 15.8. The third-order valence-corrected chi connectivity index (χ3v) is 3.01. The molecule has 0 saturated carbocycles. The maximum Gasteiger partial charge on any atom is 0.303 e. The molecule has 0 radical (unpaired) electrons. The van der Waals surface area contributed by atoms with E-state index in [9.17, 15) is 9.90 Å². The molecule has 0 aliphatic carbocycles. The highest BCUT2D eigenvalue weighted by molar-refractivity contribution is 5.66. The van der Waals surface area contributed by atoms with Gasteiger partial charge < -0.3 is 15.5 Å². The van der Waals surface area contributed by atoms with Crippen LogP contribution in [0.2, 0.25) is 0 Å². The van der Waals surface area contributed by atoms with Crippen LogP contribution in [0.3, 0.4) is 0 Å². The van der Waals surface area contributed by atoms with Crippen LogP contribution in [-0.4, -0.2) is 34.9 Å². The fraction of sp³-hybridized carbons (Fsp3) is 0.917. The monoisotopic (exact) mass is 231 g/mol. The summed E-state index contributed by atoms with van der Waals surface area (Å²) in [7, 11) is 0. The number of carbonyl (C=O) groups is 1. The minimum Gasteiger partial charge on any atom is -0.481 e. The van der Waals surface area contributed by atoms with Gasteiger partial charge in [0.05, 0.1) is 6.10 Å². The van der Waals surface area contributed by atoms with Gasteiger partial charge in [0.2, 0.25) is 0 Å². The summed E-state index contributed by atoms with van der Waals surface area (Å²) in [6, 6.07) is 0.0790. The lowest BCUT2D eigenvalue weighted by molar-refractivity contribution is -0.137. The van der Waals surface area contributed by atoms with Crippen LogP contribution >= 0.6 is 0 Å². The fourth-order valence-electron chi connectivity index (χ4n) is 1.38. The minimum absolute atomic E-state index is 0.0316. The number of hydrogen-bond acceptors (Lipinski definition) is 3. The van der Waals surface area contributed by atoms with Crippen molar-refractivity contribution in [2.24, 2.45) is 5.41 Å². The first-order valence-electron chi connectivity index (χ1n) is 5.88. The molecule has 2 atom stereocenters. The Morgan fingerprint density at radius 3 is 2.31 bits per heavy atom. The second-order valence-electron chi connectivity index (χ2n) is 5.29. The van der Waals surface area contributed by atoms with E-state index in [0.717, 1.165) is 13.0 Å². The summed E-state index contributed by atoms with van der Waals surface area (Å²) in [5.74, 6) is -0.738. The highest BCUT2D eigenvalue weighted by Gasteiger charge is 2.19. The molecule has 0 aromatic carbocycles. The van der Waals surface area contributed by atoms with Crippen LogP contribution in [0.25, 0.3) is 0 Å². The quantitative estimate of drug-likeness (QED) is 0.594. The molecule has 4 nitrogen and oxygen atoms in total. The van der Waals surface area contributed by atoms with Gasteiger partial charge in [0.25, 0.3) is 0 Å². The summed E-state index contributed by atoms with van der Waals surface area (Å²) in [5, 5.41) is 21.1. The molecule has 0 aliphatic heterocycles. The van der Waals surface area contributed by atoms with Gasteiger partial charge in [0.1, 0.15) is 0 Å². The van der Waals surface area contributed by atoms with E-state index in [1.54, 1.807) is 6.92 Å². The third kappa shape index (κ3) is 7.65. The number of aliphatic hydroxyl groups is 1. The van der Waals surface area contributed by atoms with Gasteiger partial charge in [0, 0.05) is 12.5 Å². The molecule has 0 heterocycles. The summed E-state index contributed by atoms with van der Waals surface area (Å²) < 4.78 is 0. The Labute approximate surface area is 98.1 Å². The summed E-state index contributed by atoms with van der Waals surface area (Å²) >= 11 is 0. The van der Waals surface area contributed by atoms with E-state index in [1.807, 2.05) is 6.92 Å². The highest BCUT2D eigenvalue weighted by Crippen LogP contribution is 2.26. The van der Waals surface area contributed by atoms with Gasteiger partial charge >= 0.3 is 5.97 Å². The molecule has 0 spiro atoms. The molecule has 0 aromatic heterocycles. The van der Waals surface area contributed by atoms with E-state index in [0.29, 0.717) is 6.42 Å². The van der Waals surface area contributed by atoms with Gasteiger partial charge in [-0.3, -0.25) is 4.79 Å². The van der Waals surface area contributed by atoms with Crippen molar-refractivity contribution < 1.29 is 15.0 Å². The van der Waals surface area contributed by atoms with Crippen molar-refractivity contribution >= 4 is 5.97 Å². The van der Waals surface area contributed by atoms with Crippen LogP contribution in [0, 0.1) is 5.41 Å². The molecule has 4 heteroatoms. The number of nitrogens with one attached hydrogen (secondary N) is 1. The van der Waals surface area contributed by atoms with E-state index in [2.05, 4.69) is 19.2 Å². The van der Waals surface area contributed by atoms with Crippen molar-refractivity contribution in [3.05, 3.63) is 0 Å². The largest absolute Gasteiger partial charge is 0.481 e. The predicted molar refractivity (Wildman–Crippen MR) is 64.4 cm³/mol. The molecule has 16 heavy (non-hydrogen) atoms. The molecule has 96 valence electrons. The summed E-state index contributed by atoms with van der Waals surface area (Å²) in [6.07, 6.45) is 1.46. The van der Waals surface area contributed by atoms with E-state index < -0.39 is 5.97 Å². The molecule has 0 bridgehead atoms. The summed E-state index contributed by atoms with van der Waals surface area (Å²) in [5.41, 5.74) is 0.0316. The van der Waals surface area contributed by atoms with Crippen molar-refractivity contribution in [3.8, 4) is 0 Å². The van der Waals surface area contributed by atoms with Crippen LogP contribution in [0.5, 0.6) is 0 Å². The lowest BCUT2D eigenvalue weighted by atomic mass is 9.84.